The quantitative estimate of drug-likeness (QED) is 0.462. The molecule has 0 fully saturated rings. The van der Waals surface area contributed by atoms with E-state index in [1.807, 2.05) is 0 Å². The summed E-state index contributed by atoms with van der Waals surface area (Å²) in [4.78, 5) is 0. The SMILES string of the molecule is [c]1ccc2nnnn2n1. The van der Waals surface area contributed by atoms with Crippen LogP contribution in [-0.4, -0.2) is 25.3 Å². The normalized spacial score (nSPS) is 10.2. The zero-order valence-corrected chi connectivity index (χ0v) is 4.39. The van der Waals surface area contributed by atoms with Crippen LogP contribution >= 0.6 is 0 Å². The Kier molecular flexibility index (Phi) is 0.717. The summed E-state index contributed by atoms with van der Waals surface area (Å²) >= 11 is 0. The van der Waals surface area contributed by atoms with Gasteiger partial charge in [0, 0.05) is 0 Å². The van der Waals surface area contributed by atoms with Crippen LogP contribution in [0.3, 0.4) is 0 Å². The molecule has 0 spiro atoms. The van der Waals surface area contributed by atoms with Crippen LogP contribution in [0.4, 0.5) is 0 Å². The molecule has 0 aliphatic rings. The summed E-state index contributed by atoms with van der Waals surface area (Å²) in [6, 6.07) is 3.39. The zero-order chi connectivity index (χ0) is 6.10. The summed E-state index contributed by atoms with van der Waals surface area (Å²) in [6.07, 6.45) is 2.59. The van der Waals surface area contributed by atoms with E-state index in [1.165, 1.54) is 4.63 Å². The van der Waals surface area contributed by atoms with E-state index in [0.29, 0.717) is 5.65 Å². The lowest BCUT2D eigenvalue weighted by Gasteiger charge is -1.80. The molecule has 0 atom stereocenters. The fraction of sp³-hybridized carbons (Fsp3) is 0. The molecule has 0 N–H and O–H groups in total. The highest BCUT2D eigenvalue weighted by Crippen LogP contribution is 1.87. The van der Waals surface area contributed by atoms with Gasteiger partial charge in [0.25, 0.3) is 0 Å². The van der Waals surface area contributed by atoms with Crippen LogP contribution in [0, 0.1) is 6.20 Å². The molecule has 5 heteroatoms. The van der Waals surface area contributed by atoms with Crippen LogP contribution in [0.5, 0.6) is 0 Å². The van der Waals surface area contributed by atoms with Gasteiger partial charge >= 0.3 is 0 Å². The largest absolute Gasteiger partial charge is 0.200 e. The molecule has 0 aliphatic heterocycles. The molecule has 0 amide bonds. The monoisotopic (exact) mass is 120 g/mol. The van der Waals surface area contributed by atoms with Crippen molar-refractivity contribution in [3.63, 3.8) is 0 Å². The number of hydrogen-bond acceptors (Lipinski definition) is 4. The first-order chi connectivity index (χ1) is 4.47. The number of fused-ring (bicyclic) bond motifs is 1. The molecule has 0 saturated heterocycles. The van der Waals surface area contributed by atoms with Crippen LogP contribution in [0.15, 0.2) is 12.1 Å². The Bertz CT molecular complexity index is 283. The molecular formula is C4H2N5. The molecule has 43 valence electrons. The van der Waals surface area contributed by atoms with Crippen molar-refractivity contribution in [2.75, 3.05) is 0 Å². The van der Waals surface area contributed by atoms with Crippen molar-refractivity contribution in [2.24, 2.45) is 0 Å². The molecule has 2 aromatic heterocycles. The van der Waals surface area contributed by atoms with Crippen LogP contribution in [-0.2, 0) is 0 Å². The van der Waals surface area contributed by atoms with Gasteiger partial charge in [0.2, 0.25) is 0 Å². The standard InChI is InChI=1S/C4H2N5/c1-2-4-6-7-8-9(4)5-3-1/h1-2H. The number of hydrogen-bond donors (Lipinski definition) is 0. The number of tetrazole rings is 1. The minimum atomic E-state index is 0.633. The van der Waals surface area contributed by atoms with E-state index >= 15 is 0 Å². The minimum absolute atomic E-state index is 0.633. The smallest absolute Gasteiger partial charge is 0.145 e. The first-order valence-electron chi connectivity index (χ1n) is 2.38. The molecule has 2 rings (SSSR count). The van der Waals surface area contributed by atoms with Gasteiger partial charge in [-0.05, 0) is 22.6 Å². The predicted octanol–water partition coefficient (Wildman–Crippen LogP) is -0.681. The Morgan fingerprint density at radius 2 is 2.56 bits per heavy atom. The molecule has 0 unspecified atom stereocenters. The second kappa shape index (κ2) is 1.48. The number of aromatic nitrogens is 5. The summed E-state index contributed by atoms with van der Waals surface area (Å²) in [7, 11) is 0. The molecule has 5 nitrogen and oxygen atoms in total. The van der Waals surface area contributed by atoms with Crippen LogP contribution < -0.4 is 0 Å². The van der Waals surface area contributed by atoms with E-state index in [0.717, 1.165) is 0 Å². The van der Waals surface area contributed by atoms with Crippen LogP contribution in [0.2, 0.25) is 0 Å². The zero-order valence-electron chi connectivity index (χ0n) is 4.39. The third kappa shape index (κ3) is 0.543. The van der Waals surface area contributed by atoms with Gasteiger partial charge in [0.05, 0.1) is 0 Å². The van der Waals surface area contributed by atoms with Crippen molar-refractivity contribution in [3.8, 4) is 0 Å². The molecule has 9 heavy (non-hydrogen) atoms. The lowest BCUT2D eigenvalue weighted by atomic mass is 10.6. The first-order valence-corrected chi connectivity index (χ1v) is 2.38. The van der Waals surface area contributed by atoms with E-state index in [1.54, 1.807) is 12.1 Å². The highest BCUT2D eigenvalue weighted by Gasteiger charge is 1.90. The summed E-state index contributed by atoms with van der Waals surface area (Å²) in [6.45, 7) is 0. The first kappa shape index (κ1) is 4.37. The third-order valence-electron chi connectivity index (χ3n) is 0.936. The molecular weight excluding hydrogens is 118 g/mol. The number of rotatable bonds is 0. The summed E-state index contributed by atoms with van der Waals surface area (Å²) < 4.78 is 1.31. The van der Waals surface area contributed by atoms with Gasteiger partial charge in [-0.15, -0.1) is 14.8 Å². The highest BCUT2D eigenvalue weighted by molar-refractivity contribution is 5.30. The van der Waals surface area contributed by atoms with Gasteiger partial charge in [0.1, 0.15) is 6.20 Å². The maximum atomic E-state index is 3.70. The van der Waals surface area contributed by atoms with E-state index in [2.05, 4.69) is 26.8 Å². The summed E-state index contributed by atoms with van der Waals surface area (Å²) in [5.74, 6) is 0. The average Bonchev–Trinajstić information content (AvgIpc) is 2.33. The summed E-state index contributed by atoms with van der Waals surface area (Å²) in [5.41, 5.74) is 0.633. The molecule has 0 bridgehead atoms. The Balaban J connectivity index is 2.95. The topological polar surface area (TPSA) is 56.0 Å². The van der Waals surface area contributed by atoms with Crippen molar-refractivity contribution >= 4 is 5.65 Å². The molecule has 0 aliphatic carbocycles. The lowest BCUT2D eigenvalue weighted by Crippen LogP contribution is -1.90. The fourth-order valence-corrected chi connectivity index (χ4v) is 0.561. The molecule has 0 aromatic carbocycles. The van der Waals surface area contributed by atoms with Gasteiger partial charge in [-0.2, -0.15) is 0 Å². The Morgan fingerprint density at radius 1 is 1.56 bits per heavy atom. The molecule has 2 heterocycles. The predicted molar refractivity (Wildman–Crippen MR) is 27.4 cm³/mol. The number of nitrogens with zero attached hydrogens (tertiary/aromatic N) is 5. The van der Waals surface area contributed by atoms with Crippen molar-refractivity contribution in [1.29, 1.82) is 0 Å². The minimum Gasteiger partial charge on any atom is -0.145 e. The second-order valence-corrected chi connectivity index (χ2v) is 1.49. The second-order valence-electron chi connectivity index (χ2n) is 1.49. The van der Waals surface area contributed by atoms with Gasteiger partial charge in [-0.3, -0.25) is 0 Å². The van der Waals surface area contributed by atoms with E-state index in [-0.39, 0.29) is 0 Å². The van der Waals surface area contributed by atoms with Crippen molar-refractivity contribution in [1.82, 2.24) is 25.3 Å². The van der Waals surface area contributed by atoms with Crippen LogP contribution in [0.25, 0.3) is 5.65 Å². The maximum absolute atomic E-state index is 3.70. The maximum Gasteiger partial charge on any atom is 0.200 e. The van der Waals surface area contributed by atoms with Gasteiger partial charge in [-0.1, -0.05) is 0 Å². The summed E-state index contributed by atoms with van der Waals surface area (Å²) in [5, 5.41) is 14.2. The van der Waals surface area contributed by atoms with E-state index < -0.39 is 0 Å². The van der Waals surface area contributed by atoms with Crippen molar-refractivity contribution in [3.05, 3.63) is 18.3 Å². The average molecular weight is 120 g/mol. The highest BCUT2D eigenvalue weighted by atomic mass is 15.6. The Labute approximate surface area is 50.3 Å². The fourth-order valence-electron chi connectivity index (χ4n) is 0.561. The van der Waals surface area contributed by atoms with Crippen molar-refractivity contribution < 1.29 is 0 Å². The third-order valence-corrected chi connectivity index (χ3v) is 0.936. The Morgan fingerprint density at radius 3 is 3.44 bits per heavy atom. The van der Waals surface area contributed by atoms with Gasteiger partial charge in [-0.25, -0.2) is 0 Å². The lowest BCUT2D eigenvalue weighted by molar-refractivity contribution is 0.730. The molecule has 2 aromatic rings. The van der Waals surface area contributed by atoms with E-state index in [4.69, 9.17) is 0 Å². The Hall–Kier alpha value is -1.52. The van der Waals surface area contributed by atoms with E-state index in [9.17, 15) is 0 Å². The van der Waals surface area contributed by atoms with Crippen molar-refractivity contribution in [2.45, 2.75) is 0 Å². The van der Waals surface area contributed by atoms with Crippen LogP contribution in [0.1, 0.15) is 0 Å². The van der Waals surface area contributed by atoms with Gasteiger partial charge < -0.3 is 0 Å². The molecule has 0 saturated carbocycles. The molecule has 1 radical (unpaired) electrons. The van der Waals surface area contributed by atoms with Gasteiger partial charge in [0.15, 0.2) is 5.65 Å².